The summed E-state index contributed by atoms with van der Waals surface area (Å²) < 4.78 is 7.59. The molecule has 1 N–H and O–H groups in total. The average molecular weight is 424 g/mol. The Morgan fingerprint density at radius 1 is 1.28 bits per heavy atom. The molecule has 0 spiro atoms. The highest BCUT2D eigenvalue weighted by atomic mass is 79.9. The largest absolute Gasteiger partial charge is 0.419 e. The van der Waals surface area contributed by atoms with E-state index >= 15 is 0 Å². The lowest BCUT2D eigenvalue weighted by Gasteiger charge is -2.14. The number of aromatic nitrogens is 1. The topological polar surface area (TPSA) is 64.2 Å². The van der Waals surface area contributed by atoms with Crippen molar-refractivity contribution in [1.82, 2.24) is 9.88 Å². The van der Waals surface area contributed by atoms with Gasteiger partial charge in [0.15, 0.2) is 5.58 Å². The molecule has 1 heterocycles. The van der Waals surface area contributed by atoms with Gasteiger partial charge in [-0.2, -0.15) is 0 Å². The number of carbonyl (C=O) groups is 1. The number of fused-ring (bicyclic) bond motifs is 1. The van der Waals surface area contributed by atoms with E-state index in [-0.39, 0.29) is 24.9 Å². The normalized spacial score (nSPS) is 12.3. The molecule has 0 aliphatic carbocycles. The molecule has 0 saturated carbocycles. The third-order valence-electron chi connectivity index (χ3n) is 3.94. The van der Waals surface area contributed by atoms with Crippen LogP contribution >= 0.6 is 27.5 Å². The van der Waals surface area contributed by atoms with Gasteiger partial charge in [0.2, 0.25) is 5.91 Å². The van der Waals surface area contributed by atoms with Crippen LogP contribution in [-0.4, -0.2) is 10.5 Å². The van der Waals surface area contributed by atoms with Crippen LogP contribution in [0.3, 0.4) is 0 Å². The van der Waals surface area contributed by atoms with Gasteiger partial charge in [0, 0.05) is 28.5 Å². The van der Waals surface area contributed by atoms with E-state index in [0.29, 0.717) is 16.1 Å². The molecule has 0 fully saturated rings. The second kappa shape index (κ2) is 7.45. The third-order valence-corrected chi connectivity index (χ3v) is 4.70. The lowest BCUT2D eigenvalue weighted by atomic mass is 10.1. The van der Waals surface area contributed by atoms with Crippen molar-refractivity contribution in [3.05, 3.63) is 68.1 Å². The van der Waals surface area contributed by atoms with Gasteiger partial charge < -0.3 is 9.73 Å². The molecule has 0 bridgehead atoms. The van der Waals surface area contributed by atoms with Crippen molar-refractivity contribution in [3.8, 4) is 0 Å². The number of oxazole rings is 1. The maximum absolute atomic E-state index is 12.2. The predicted molar refractivity (Wildman–Crippen MR) is 101 cm³/mol. The number of aryl methyl sites for hydroxylation is 1. The fourth-order valence-electron chi connectivity index (χ4n) is 2.61. The average Bonchev–Trinajstić information content (AvgIpc) is 2.87. The molecular weight excluding hydrogens is 408 g/mol. The summed E-state index contributed by atoms with van der Waals surface area (Å²) in [5, 5.41) is 3.43. The van der Waals surface area contributed by atoms with E-state index in [1.807, 2.05) is 31.2 Å². The van der Waals surface area contributed by atoms with Gasteiger partial charge in [-0.05, 0) is 36.8 Å². The maximum atomic E-state index is 12.2. The highest BCUT2D eigenvalue weighted by molar-refractivity contribution is 9.10. The summed E-state index contributed by atoms with van der Waals surface area (Å²) >= 11 is 9.28. The van der Waals surface area contributed by atoms with Crippen LogP contribution in [0.25, 0.3) is 11.1 Å². The first-order valence-electron chi connectivity index (χ1n) is 7.78. The molecule has 0 unspecified atom stereocenters. The molecule has 130 valence electrons. The van der Waals surface area contributed by atoms with E-state index in [1.54, 1.807) is 18.2 Å². The van der Waals surface area contributed by atoms with Gasteiger partial charge in [-0.15, -0.1) is 0 Å². The van der Waals surface area contributed by atoms with Crippen molar-refractivity contribution in [3.63, 3.8) is 0 Å². The molecular formula is C18H16BrClN2O3. The molecule has 0 aliphatic heterocycles. The Hall–Kier alpha value is -2.05. The standard InChI is InChI=1S/C18H16BrClN2O3/c1-11(12-2-4-13(19)5-3-12)21-17(23)8-9-22-15-7-6-14(20)10-16(15)25-18(22)24/h2-7,10-11H,8-9H2,1H3,(H,21,23)/t11-/m0/s1. The van der Waals surface area contributed by atoms with Gasteiger partial charge in [-0.25, -0.2) is 4.79 Å². The summed E-state index contributed by atoms with van der Waals surface area (Å²) in [6, 6.07) is 12.6. The zero-order valence-corrected chi connectivity index (χ0v) is 15.8. The zero-order valence-electron chi connectivity index (χ0n) is 13.5. The molecule has 0 aliphatic rings. The van der Waals surface area contributed by atoms with Crippen LogP contribution in [0.4, 0.5) is 0 Å². The number of nitrogens with one attached hydrogen (secondary N) is 1. The molecule has 3 rings (SSSR count). The van der Waals surface area contributed by atoms with Crippen molar-refractivity contribution < 1.29 is 9.21 Å². The second-order valence-electron chi connectivity index (χ2n) is 5.72. The van der Waals surface area contributed by atoms with Crippen molar-refractivity contribution >= 4 is 44.5 Å². The fourth-order valence-corrected chi connectivity index (χ4v) is 3.04. The molecule has 7 heteroatoms. The van der Waals surface area contributed by atoms with Crippen molar-refractivity contribution in [2.75, 3.05) is 0 Å². The first kappa shape index (κ1) is 17.8. The minimum atomic E-state index is -0.494. The fraction of sp³-hybridized carbons (Fsp3) is 0.222. The summed E-state index contributed by atoms with van der Waals surface area (Å²) in [6.45, 7) is 2.16. The van der Waals surface area contributed by atoms with Crippen LogP contribution in [0, 0.1) is 0 Å². The highest BCUT2D eigenvalue weighted by Crippen LogP contribution is 2.19. The summed E-state index contributed by atoms with van der Waals surface area (Å²) in [4.78, 5) is 24.2. The van der Waals surface area contributed by atoms with Gasteiger partial charge in [-0.3, -0.25) is 9.36 Å². The Morgan fingerprint density at radius 2 is 2.00 bits per heavy atom. The van der Waals surface area contributed by atoms with Crippen LogP contribution in [-0.2, 0) is 11.3 Å². The van der Waals surface area contributed by atoms with Gasteiger partial charge in [-0.1, -0.05) is 39.7 Å². The Morgan fingerprint density at radius 3 is 2.72 bits per heavy atom. The lowest BCUT2D eigenvalue weighted by Crippen LogP contribution is -2.28. The first-order valence-corrected chi connectivity index (χ1v) is 8.95. The maximum Gasteiger partial charge on any atom is 0.419 e. The van der Waals surface area contributed by atoms with Crippen LogP contribution in [0.15, 0.2) is 56.1 Å². The predicted octanol–water partition coefficient (Wildman–Crippen LogP) is 4.28. The Kier molecular flexibility index (Phi) is 5.30. The van der Waals surface area contributed by atoms with E-state index in [9.17, 15) is 9.59 Å². The SMILES string of the molecule is C[C@H](NC(=O)CCn1c(=O)oc2cc(Cl)ccc21)c1ccc(Br)cc1. The molecule has 0 saturated heterocycles. The quantitative estimate of drug-likeness (QED) is 0.666. The van der Waals surface area contributed by atoms with Crippen LogP contribution in [0.2, 0.25) is 5.02 Å². The summed E-state index contributed by atoms with van der Waals surface area (Å²) in [7, 11) is 0. The third kappa shape index (κ3) is 4.14. The van der Waals surface area contributed by atoms with E-state index in [1.165, 1.54) is 4.57 Å². The van der Waals surface area contributed by atoms with E-state index in [2.05, 4.69) is 21.2 Å². The molecule has 2 aromatic carbocycles. The highest BCUT2D eigenvalue weighted by Gasteiger charge is 2.13. The lowest BCUT2D eigenvalue weighted by molar-refractivity contribution is -0.121. The monoisotopic (exact) mass is 422 g/mol. The number of benzene rings is 2. The van der Waals surface area contributed by atoms with Gasteiger partial charge in [0.05, 0.1) is 11.6 Å². The molecule has 25 heavy (non-hydrogen) atoms. The number of hydrogen-bond donors (Lipinski definition) is 1. The van der Waals surface area contributed by atoms with Crippen LogP contribution in [0.5, 0.6) is 0 Å². The Bertz CT molecular complexity index is 963. The molecule has 1 aromatic heterocycles. The number of hydrogen-bond acceptors (Lipinski definition) is 3. The Balaban J connectivity index is 1.65. The number of nitrogens with zero attached hydrogens (tertiary/aromatic N) is 1. The molecule has 5 nitrogen and oxygen atoms in total. The molecule has 3 aromatic rings. The summed E-state index contributed by atoms with van der Waals surface area (Å²) in [6.07, 6.45) is 0.179. The van der Waals surface area contributed by atoms with Crippen molar-refractivity contribution in [2.24, 2.45) is 0 Å². The van der Waals surface area contributed by atoms with Crippen LogP contribution in [0.1, 0.15) is 24.9 Å². The second-order valence-corrected chi connectivity index (χ2v) is 7.07. The van der Waals surface area contributed by atoms with Crippen molar-refractivity contribution in [2.45, 2.75) is 25.9 Å². The van der Waals surface area contributed by atoms with Gasteiger partial charge in [0.1, 0.15) is 0 Å². The minimum absolute atomic E-state index is 0.114. The number of carbonyl (C=O) groups excluding carboxylic acids is 1. The van der Waals surface area contributed by atoms with E-state index < -0.39 is 5.76 Å². The van der Waals surface area contributed by atoms with Crippen LogP contribution < -0.4 is 11.1 Å². The minimum Gasteiger partial charge on any atom is -0.408 e. The van der Waals surface area contributed by atoms with Gasteiger partial charge >= 0.3 is 5.76 Å². The van der Waals surface area contributed by atoms with E-state index in [0.717, 1.165) is 10.0 Å². The molecule has 1 amide bonds. The summed E-state index contributed by atoms with van der Waals surface area (Å²) in [5.74, 6) is -0.628. The Labute approximate surface area is 157 Å². The van der Waals surface area contributed by atoms with Crippen molar-refractivity contribution in [1.29, 1.82) is 0 Å². The molecule has 0 radical (unpaired) electrons. The number of halogens is 2. The first-order chi connectivity index (χ1) is 11.9. The van der Waals surface area contributed by atoms with Gasteiger partial charge in [0.25, 0.3) is 0 Å². The molecule has 1 atom stereocenters. The summed E-state index contributed by atoms with van der Waals surface area (Å²) in [5.41, 5.74) is 2.06. The zero-order chi connectivity index (χ0) is 18.0. The smallest absolute Gasteiger partial charge is 0.408 e. The van der Waals surface area contributed by atoms with E-state index in [4.69, 9.17) is 16.0 Å². The number of amides is 1. The number of rotatable bonds is 5.